The zero-order valence-electron chi connectivity index (χ0n) is 11.6. The van der Waals surface area contributed by atoms with Crippen LogP contribution in [0.25, 0.3) is 0 Å². The first kappa shape index (κ1) is 15.2. The number of benzene rings is 2. The van der Waals surface area contributed by atoms with E-state index in [1.165, 1.54) is 16.7 Å². The van der Waals surface area contributed by atoms with E-state index in [-0.39, 0.29) is 0 Å². The Kier molecular flexibility index (Phi) is 4.75. The number of fused-ring (bicyclic) bond motifs is 1. The van der Waals surface area contributed by atoms with Gasteiger partial charge in [0.05, 0.1) is 0 Å². The standard InChI is InChI=1S/C17H16Cl3N/c18-14-3-1-12(2-4-14)5-7-21-8-6-16-13(11-21)9-15(19)10-17(16)20/h1-4,9-10H,5-8,11H2. The van der Waals surface area contributed by atoms with Crippen LogP contribution in [0.2, 0.25) is 15.1 Å². The van der Waals surface area contributed by atoms with E-state index in [9.17, 15) is 0 Å². The molecule has 0 N–H and O–H groups in total. The number of nitrogens with zero attached hydrogens (tertiary/aromatic N) is 1. The number of hydrogen-bond acceptors (Lipinski definition) is 1. The summed E-state index contributed by atoms with van der Waals surface area (Å²) < 4.78 is 0. The van der Waals surface area contributed by atoms with Gasteiger partial charge in [-0.3, -0.25) is 4.90 Å². The van der Waals surface area contributed by atoms with Crippen molar-refractivity contribution in [2.45, 2.75) is 19.4 Å². The zero-order chi connectivity index (χ0) is 14.8. The highest BCUT2D eigenvalue weighted by Crippen LogP contribution is 2.29. The maximum Gasteiger partial charge on any atom is 0.0456 e. The van der Waals surface area contributed by atoms with Crippen molar-refractivity contribution in [3.05, 3.63) is 68.2 Å². The third-order valence-corrected chi connectivity index (χ3v) is 4.76. The summed E-state index contributed by atoms with van der Waals surface area (Å²) >= 11 is 18.3. The molecular formula is C17H16Cl3N. The Bertz CT molecular complexity index is 637. The Morgan fingerprint density at radius 2 is 1.71 bits per heavy atom. The molecule has 0 saturated heterocycles. The van der Waals surface area contributed by atoms with Crippen molar-refractivity contribution in [2.75, 3.05) is 13.1 Å². The molecule has 0 aliphatic carbocycles. The maximum atomic E-state index is 6.27. The van der Waals surface area contributed by atoms with Gasteiger partial charge in [0.1, 0.15) is 0 Å². The van der Waals surface area contributed by atoms with Crippen molar-refractivity contribution in [2.24, 2.45) is 0 Å². The van der Waals surface area contributed by atoms with Crippen LogP contribution < -0.4 is 0 Å². The lowest BCUT2D eigenvalue weighted by Crippen LogP contribution is -2.32. The largest absolute Gasteiger partial charge is 0.298 e. The average molecular weight is 341 g/mol. The maximum absolute atomic E-state index is 6.27. The van der Waals surface area contributed by atoms with Crippen LogP contribution in [0.1, 0.15) is 16.7 Å². The lowest BCUT2D eigenvalue weighted by atomic mass is 9.99. The molecule has 2 aromatic rings. The molecule has 0 fully saturated rings. The predicted molar refractivity (Wildman–Crippen MR) is 90.6 cm³/mol. The van der Waals surface area contributed by atoms with E-state index in [2.05, 4.69) is 17.0 Å². The Morgan fingerprint density at radius 1 is 0.952 bits per heavy atom. The molecule has 0 saturated carbocycles. The summed E-state index contributed by atoms with van der Waals surface area (Å²) in [6, 6.07) is 12.0. The molecule has 1 aliphatic rings. The Labute approximate surface area is 140 Å². The fraction of sp³-hybridized carbons (Fsp3) is 0.294. The molecule has 0 radical (unpaired) electrons. The number of hydrogen-bond donors (Lipinski definition) is 0. The molecule has 2 aromatic carbocycles. The quantitative estimate of drug-likeness (QED) is 0.738. The van der Waals surface area contributed by atoms with Crippen LogP contribution in [0, 0.1) is 0 Å². The highest BCUT2D eigenvalue weighted by Gasteiger charge is 2.18. The molecule has 0 aromatic heterocycles. The van der Waals surface area contributed by atoms with Gasteiger partial charge in [-0.1, -0.05) is 46.9 Å². The average Bonchev–Trinajstić information content (AvgIpc) is 2.46. The minimum Gasteiger partial charge on any atom is -0.298 e. The van der Waals surface area contributed by atoms with E-state index in [1.54, 1.807) is 0 Å². The molecule has 0 spiro atoms. The molecule has 1 nitrogen and oxygen atoms in total. The van der Waals surface area contributed by atoms with E-state index in [0.717, 1.165) is 47.5 Å². The minimum absolute atomic E-state index is 0.721. The second-order valence-corrected chi connectivity index (χ2v) is 6.71. The van der Waals surface area contributed by atoms with E-state index in [4.69, 9.17) is 34.8 Å². The number of halogens is 3. The SMILES string of the molecule is Clc1ccc(CCN2CCc3c(Cl)cc(Cl)cc3C2)cc1. The van der Waals surface area contributed by atoms with Crippen LogP contribution in [-0.4, -0.2) is 18.0 Å². The van der Waals surface area contributed by atoms with Gasteiger partial charge in [-0.05, 0) is 53.8 Å². The van der Waals surface area contributed by atoms with Crippen molar-refractivity contribution >= 4 is 34.8 Å². The third-order valence-electron chi connectivity index (χ3n) is 3.95. The highest BCUT2D eigenvalue weighted by atomic mass is 35.5. The highest BCUT2D eigenvalue weighted by molar-refractivity contribution is 6.35. The van der Waals surface area contributed by atoms with Crippen LogP contribution in [0.4, 0.5) is 0 Å². The Morgan fingerprint density at radius 3 is 2.48 bits per heavy atom. The molecule has 0 amide bonds. The van der Waals surface area contributed by atoms with Gasteiger partial charge >= 0.3 is 0 Å². The van der Waals surface area contributed by atoms with Gasteiger partial charge in [0, 0.05) is 34.7 Å². The fourth-order valence-electron chi connectivity index (χ4n) is 2.80. The van der Waals surface area contributed by atoms with Gasteiger partial charge in [-0.25, -0.2) is 0 Å². The summed E-state index contributed by atoms with van der Waals surface area (Å²) in [6.45, 7) is 3.00. The molecule has 21 heavy (non-hydrogen) atoms. The summed E-state index contributed by atoms with van der Waals surface area (Å²) in [6.07, 6.45) is 2.02. The summed E-state index contributed by atoms with van der Waals surface area (Å²) in [4.78, 5) is 2.45. The molecule has 110 valence electrons. The molecule has 0 atom stereocenters. The number of rotatable bonds is 3. The first-order chi connectivity index (χ1) is 10.1. The first-order valence-corrected chi connectivity index (χ1v) is 8.19. The third kappa shape index (κ3) is 3.73. The molecule has 0 bridgehead atoms. The normalized spacial score (nSPS) is 15.0. The monoisotopic (exact) mass is 339 g/mol. The van der Waals surface area contributed by atoms with Crippen LogP contribution in [0.15, 0.2) is 36.4 Å². The summed E-state index contributed by atoms with van der Waals surface area (Å²) in [5, 5.41) is 2.31. The van der Waals surface area contributed by atoms with E-state index < -0.39 is 0 Å². The molecule has 4 heteroatoms. The Balaban J connectivity index is 1.65. The lowest BCUT2D eigenvalue weighted by Gasteiger charge is -2.29. The van der Waals surface area contributed by atoms with Gasteiger partial charge in [0.15, 0.2) is 0 Å². The van der Waals surface area contributed by atoms with Crippen LogP contribution >= 0.6 is 34.8 Å². The van der Waals surface area contributed by atoms with E-state index in [1.807, 2.05) is 24.3 Å². The van der Waals surface area contributed by atoms with Crippen LogP contribution in [0.5, 0.6) is 0 Å². The van der Waals surface area contributed by atoms with E-state index in [0.29, 0.717) is 0 Å². The summed E-state index contributed by atoms with van der Waals surface area (Å²) in [7, 11) is 0. The predicted octanol–water partition coefficient (Wildman–Crippen LogP) is 5.25. The van der Waals surface area contributed by atoms with Gasteiger partial charge in [-0.2, -0.15) is 0 Å². The van der Waals surface area contributed by atoms with Crippen molar-refractivity contribution in [3.8, 4) is 0 Å². The van der Waals surface area contributed by atoms with Crippen molar-refractivity contribution < 1.29 is 0 Å². The second kappa shape index (κ2) is 6.58. The summed E-state index contributed by atoms with van der Waals surface area (Å²) in [5.74, 6) is 0. The van der Waals surface area contributed by atoms with E-state index >= 15 is 0 Å². The topological polar surface area (TPSA) is 3.24 Å². The minimum atomic E-state index is 0.721. The first-order valence-electron chi connectivity index (χ1n) is 7.05. The fourth-order valence-corrected chi connectivity index (χ4v) is 3.55. The van der Waals surface area contributed by atoms with Gasteiger partial charge in [-0.15, -0.1) is 0 Å². The molecule has 1 heterocycles. The smallest absolute Gasteiger partial charge is 0.0456 e. The zero-order valence-corrected chi connectivity index (χ0v) is 13.8. The van der Waals surface area contributed by atoms with Gasteiger partial charge < -0.3 is 0 Å². The summed E-state index contributed by atoms with van der Waals surface area (Å²) in [5.41, 5.74) is 3.83. The van der Waals surface area contributed by atoms with Crippen LogP contribution in [-0.2, 0) is 19.4 Å². The van der Waals surface area contributed by atoms with Gasteiger partial charge in [0.2, 0.25) is 0 Å². The molecule has 0 unspecified atom stereocenters. The van der Waals surface area contributed by atoms with Crippen LogP contribution in [0.3, 0.4) is 0 Å². The van der Waals surface area contributed by atoms with Crippen molar-refractivity contribution in [1.29, 1.82) is 0 Å². The second-order valence-electron chi connectivity index (χ2n) is 5.43. The lowest BCUT2D eigenvalue weighted by molar-refractivity contribution is 0.257. The molecule has 1 aliphatic heterocycles. The molecular weight excluding hydrogens is 325 g/mol. The molecule has 3 rings (SSSR count). The van der Waals surface area contributed by atoms with Crippen molar-refractivity contribution in [3.63, 3.8) is 0 Å². The van der Waals surface area contributed by atoms with Gasteiger partial charge in [0.25, 0.3) is 0 Å². The Hall–Kier alpha value is -0.730. The van der Waals surface area contributed by atoms with Crippen molar-refractivity contribution in [1.82, 2.24) is 4.90 Å².